The van der Waals surface area contributed by atoms with Crippen molar-refractivity contribution in [3.05, 3.63) is 153 Å². The smallest absolute Gasteiger partial charge is 0.379 e. The summed E-state index contributed by atoms with van der Waals surface area (Å²) in [7, 11) is 3.73. The van der Waals surface area contributed by atoms with E-state index in [1.807, 2.05) is 69.4 Å². The molecule has 12 rings (SSSR count). The number of aryl methyl sites for hydroxylation is 2. The summed E-state index contributed by atoms with van der Waals surface area (Å²) in [5, 5.41) is 16.3. The summed E-state index contributed by atoms with van der Waals surface area (Å²) in [4.78, 5) is 33.7. The molecule has 0 saturated carbocycles. The van der Waals surface area contributed by atoms with E-state index in [4.69, 9.17) is 9.47 Å². The first-order chi connectivity index (χ1) is 37.1. The van der Waals surface area contributed by atoms with E-state index in [1.54, 1.807) is 50.8 Å². The number of rotatable bonds is 12. The van der Waals surface area contributed by atoms with Crippen LogP contribution in [0.1, 0.15) is 116 Å². The van der Waals surface area contributed by atoms with Gasteiger partial charge in [-0.1, -0.05) is 24.3 Å². The Morgan fingerprint density at radius 1 is 0.603 bits per heavy atom. The van der Waals surface area contributed by atoms with Crippen LogP contribution in [-0.4, -0.2) is 116 Å². The average Bonchev–Trinajstić information content (AvgIpc) is 4.38. The normalized spacial score (nSPS) is 21.7. The third-order valence-electron chi connectivity index (χ3n) is 16.8. The van der Waals surface area contributed by atoms with E-state index in [-0.39, 0.29) is 59.3 Å². The molecule has 2 amide bonds. The highest BCUT2D eigenvalue weighted by Crippen LogP contribution is 2.46. The summed E-state index contributed by atoms with van der Waals surface area (Å²) in [6.07, 6.45) is -6.12. The van der Waals surface area contributed by atoms with E-state index in [0.29, 0.717) is 87.7 Å². The van der Waals surface area contributed by atoms with Crippen molar-refractivity contribution in [2.45, 2.75) is 100 Å². The summed E-state index contributed by atoms with van der Waals surface area (Å²) in [6, 6.07) is 19.2. The molecule has 0 N–H and O–H groups in total. The van der Waals surface area contributed by atoms with Crippen LogP contribution in [0.3, 0.4) is 0 Å². The minimum Gasteiger partial charge on any atom is -0.379 e. The number of anilines is 2. The molecular weight excluding hydrogens is 1030 g/mol. The molecule has 412 valence electrons. The Bertz CT molecular complexity index is 3050. The number of amides is 2. The van der Waals surface area contributed by atoms with Crippen LogP contribution < -0.4 is 9.80 Å². The molecule has 14 nitrogen and oxygen atoms in total. The summed E-state index contributed by atoms with van der Waals surface area (Å²) in [5.74, 6) is 0.640. The topological polar surface area (TPSA) is 127 Å². The fourth-order valence-corrected chi connectivity index (χ4v) is 11.9. The molecule has 4 aromatic carbocycles. The Labute approximate surface area is 444 Å². The van der Waals surface area contributed by atoms with Crippen molar-refractivity contribution >= 4 is 23.2 Å². The van der Waals surface area contributed by atoms with Crippen molar-refractivity contribution < 1.29 is 54.2 Å². The Kier molecular flexibility index (Phi) is 13.9. The van der Waals surface area contributed by atoms with Gasteiger partial charge < -0.3 is 28.4 Å². The van der Waals surface area contributed by atoms with Crippen molar-refractivity contribution in [2.75, 3.05) is 62.4 Å². The zero-order valence-corrected chi connectivity index (χ0v) is 43.4. The van der Waals surface area contributed by atoms with Gasteiger partial charge in [-0.05, 0) is 109 Å². The summed E-state index contributed by atoms with van der Waals surface area (Å²) >= 11 is 0. The largest absolute Gasteiger partial charge is 0.416 e. The molecule has 8 heterocycles. The van der Waals surface area contributed by atoms with Crippen LogP contribution in [0.5, 0.6) is 0 Å². The van der Waals surface area contributed by atoms with Gasteiger partial charge in [0.1, 0.15) is 36.6 Å². The number of carbonyl (C=O) groups excluding carboxylic acids is 2. The quantitative estimate of drug-likeness (QED) is 0.110. The number of ether oxygens (including phenoxy) is 2. The van der Waals surface area contributed by atoms with Crippen LogP contribution >= 0.6 is 0 Å². The Balaban J connectivity index is 0.000000165. The van der Waals surface area contributed by atoms with E-state index >= 15 is 0 Å². The highest BCUT2D eigenvalue weighted by Gasteiger charge is 2.47. The van der Waals surface area contributed by atoms with Gasteiger partial charge in [-0.3, -0.25) is 19.4 Å². The van der Waals surface area contributed by atoms with Gasteiger partial charge in [0.2, 0.25) is 0 Å². The van der Waals surface area contributed by atoms with Gasteiger partial charge in [0.25, 0.3) is 11.8 Å². The highest BCUT2D eigenvalue weighted by molar-refractivity contribution is 6.11. The van der Waals surface area contributed by atoms with Gasteiger partial charge in [-0.25, -0.2) is 8.78 Å². The van der Waals surface area contributed by atoms with Crippen molar-refractivity contribution in [1.82, 2.24) is 39.3 Å². The zero-order valence-electron chi connectivity index (χ0n) is 43.4. The molecule has 2 aromatic heterocycles. The van der Waals surface area contributed by atoms with Crippen molar-refractivity contribution in [3.8, 4) is 0 Å². The second-order valence-electron chi connectivity index (χ2n) is 21.8. The molecule has 0 aliphatic carbocycles. The first-order valence-corrected chi connectivity index (χ1v) is 26.0. The van der Waals surface area contributed by atoms with Gasteiger partial charge in [-0.2, -0.15) is 26.3 Å². The number of aromatic nitrogens is 6. The molecule has 0 radical (unpaired) electrons. The lowest BCUT2D eigenvalue weighted by Gasteiger charge is -2.42. The van der Waals surface area contributed by atoms with Crippen molar-refractivity contribution in [2.24, 2.45) is 14.1 Å². The Morgan fingerprint density at radius 3 is 1.31 bits per heavy atom. The molecule has 0 spiro atoms. The van der Waals surface area contributed by atoms with Gasteiger partial charge in [0, 0.05) is 98.5 Å². The van der Waals surface area contributed by atoms with Gasteiger partial charge >= 0.3 is 12.4 Å². The predicted octanol–water partition coefficient (Wildman–Crippen LogP) is 9.22. The molecular formula is C56H58F8N10O4. The molecule has 6 aliphatic rings. The SMILES string of the molecule is C[C@@H](c1cc2c(c(C(F)(F)F)c1)CN(c1cccc(C3(Cc4nncn4C)COC3)c1)C2=O)N1CC[C@H](F)C1.C[C@H](c1cc2c(c(C(F)(F)F)c1)CN(c1cccc(C3(Cc4nncn4C)COC3)c1)C2=O)N1CC[C@H](F)C1. The standard InChI is InChI=1S/2C28H29F4N5O2/c2*1-17(36-7-6-20(29)12-36)18-8-22-23(24(9-18)28(30,31)32)13-37(26(22)38)21-5-3-4-19(10-21)27(14-39-15-27)11-25-34-33-16-35(25)2/h2*3-5,8-10,16-17,20H,6-7,11-15H2,1-2H3/t17-,20+;17-,20-/m10/s1. The molecule has 0 unspecified atom stereocenters. The maximum Gasteiger partial charge on any atom is 0.416 e. The number of carbonyl (C=O) groups is 2. The number of likely N-dealkylation sites (tertiary alicyclic amines) is 2. The van der Waals surface area contributed by atoms with Gasteiger partial charge in [-0.15, -0.1) is 20.4 Å². The molecule has 6 aliphatic heterocycles. The maximum absolute atomic E-state index is 14.2. The van der Waals surface area contributed by atoms with E-state index < -0.39 is 59.7 Å². The van der Waals surface area contributed by atoms with Crippen LogP contribution in [0.2, 0.25) is 0 Å². The minimum atomic E-state index is -4.63. The molecule has 4 fully saturated rings. The Morgan fingerprint density at radius 2 is 1.00 bits per heavy atom. The third kappa shape index (κ3) is 9.86. The number of hydrogen-bond donors (Lipinski definition) is 0. The molecule has 22 heteroatoms. The minimum absolute atomic E-state index is 0.0283. The summed E-state index contributed by atoms with van der Waals surface area (Å²) < 4.78 is 128. The zero-order chi connectivity index (χ0) is 55.1. The molecule has 6 aromatic rings. The first kappa shape index (κ1) is 53.4. The van der Waals surface area contributed by atoms with E-state index in [9.17, 15) is 44.7 Å². The van der Waals surface area contributed by atoms with Crippen LogP contribution in [0, 0.1) is 0 Å². The molecule has 78 heavy (non-hydrogen) atoms. The van der Waals surface area contributed by atoms with E-state index in [1.165, 1.54) is 9.80 Å². The lowest BCUT2D eigenvalue weighted by molar-refractivity contribution is -0.139. The lowest BCUT2D eigenvalue weighted by Crippen LogP contribution is -2.49. The van der Waals surface area contributed by atoms with Crippen molar-refractivity contribution in [3.63, 3.8) is 0 Å². The predicted molar refractivity (Wildman–Crippen MR) is 270 cm³/mol. The number of benzene rings is 4. The molecule has 4 atom stereocenters. The fourth-order valence-electron chi connectivity index (χ4n) is 11.9. The van der Waals surface area contributed by atoms with Crippen LogP contribution in [-0.2, 0) is 72.7 Å². The van der Waals surface area contributed by atoms with Crippen LogP contribution in [0.25, 0.3) is 0 Å². The van der Waals surface area contributed by atoms with Crippen molar-refractivity contribution in [1.29, 1.82) is 0 Å². The second-order valence-corrected chi connectivity index (χ2v) is 21.8. The molecule has 0 bridgehead atoms. The number of alkyl halides is 8. The lowest BCUT2D eigenvalue weighted by atomic mass is 9.75. The first-order valence-electron chi connectivity index (χ1n) is 26.0. The summed E-state index contributed by atoms with van der Waals surface area (Å²) in [5.41, 5.74) is 1.35. The Hall–Kier alpha value is -6.62. The third-order valence-corrected chi connectivity index (χ3v) is 16.8. The number of halogens is 8. The number of nitrogens with zero attached hydrogens (tertiary/aromatic N) is 10. The second kappa shape index (κ2) is 20.2. The average molecular weight is 1090 g/mol. The van der Waals surface area contributed by atoms with Gasteiger partial charge in [0.15, 0.2) is 0 Å². The van der Waals surface area contributed by atoms with E-state index in [0.717, 1.165) is 34.9 Å². The van der Waals surface area contributed by atoms with Gasteiger partial charge in [0.05, 0.1) is 50.6 Å². The number of hydrogen-bond acceptors (Lipinski definition) is 10. The highest BCUT2D eigenvalue weighted by atomic mass is 19.4. The van der Waals surface area contributed by atoms with E-state index in [2.05, 4.69) is 20.4 Å². The number of fused-ring (bicyclic) bond motifs is 2. The van der Waals surface area contributed by atoms with Crippen LogP contribution in [0.4, 0.5) is 46.5 Å². The molecule has 4 saturated heterocycles. The monoisotopic (exact) mass is 1090 g/mol. The fraction of sp³-hybridized carbons (Fsp3) is 0.464. The van der Waals surface area contributed by atoms with Crippen LogP contribution in [0.15, 0.2) is 85.5 Å². The summed E-state index contributed by atoms with van der Waals surface area (Å²) in [6.45, 7) is 6.31. The maximum atomic E-state index is 14.2.